The lowest BCUT2D eigenvalue weighted by molar-refractivity contribution is 0.795. The highest BCUT2D eigenvalue weighted by Gasteiger charge is 2.11. The summed E-state index contributed by atoms with van der Waals surface area (Å²) >= 11 is 0. The molecule has 1 aromatic heterocycles. The fraction of sp³-hybridized carbons (Fsp3) is 0.375. The van der Waals surface area contributed by atoms with Crippen LogP contribution in [0.15, 0.2) is 36.7 Å². The average molecular weight is 285 g/mol. The van der Waals surface area contributed by atoms with Crippen LogP contribution in [0.1, 0.15) is 37.3 Å². The van der Waals surface area contributed by atoms with Gasteiger partial charge in [-0.2, -0.15) is 0 Å². The van der Waals surface area contributed by atoms with Gasteiger partial charge >= 0.3 is 0 Å². The Balaban J connectivity index is 2.09. The molecule has 1 unspecified atom stereocenters. The molecule has 1 atom stereocenters. The summed E-state index contributed by atoms with van der Waals surface area (Å²) in [5.74, 6) is 7.50. The topological polar surface area (TPSA) is 75.9 Å². The van der Waals surface area contributed by atoms with Crippen LogP contribution in [0.2, 0.25) is 0 Å². The maximum absolute atomic E-state index is 5.53. The number of nitrogen functional groups attached to an aromatic ring is 1. The molecule has 0 saturated heterocycles. The van der Waals surface area contributed by atoms with Crippen LogP contribution in [0.25, 0.3) is 0 Å². The van der Waals surface area contributed by atoms with Crippen molar-refractivity contribution in [2.45, 2.75) is 32.6 Å². The second kappa shape index (κ2) is 7.59. The third-order valence-electron chi connectivity index (χ3n) is 3.53. The molecule has 1 aromatic carbocycles. The number of nitrogens with two attached hydrogens (primary N) is 1. The minimum Gasteiger partial charge on any atom is -0.369 e. The van der Waals surface area contributed by atoms with Crippen molar-refractivity contribution in [1.29, 1.82) is 0 Å². The molecule has 0 fully saturated rings. The Kier molecular flexibility index (Phi) is 5.51. The second-order valence-electron chi connectivity index (χ2n) is 5.14. The Morgan fingerprint density at radius 1 is 1.14 bits per heavy atom. The molecule has 112 valence electrons. The third kappa shape index (κ3) is 3.92. The molecule has 0 amide bonds. The summed E-state index contributed by atoms with van der Waals surface area (Å²) in [6.45, 7) is 5.15. The van der Waals surface area contributed by atoms with E-state index in [1.807, 2.05) is 6.07 Å². The van der Waals surface area contributed by atoms with Gasteiger partial charge in [-0.05, 0) is 17.9 Å². The molecular weight excluding hydrogens is 262 g/mol. The van der Waals surface area contributed by atoms with Gasteiger partial charge in [-0.1, -0.05) is 50.6 Å². The van der Waals surface area contributed by atoms with Crippen LogP contribution >= 0.6 is 0 Å². The first-order valence-electron chi connectivity index (χ1n) is 7.35. The Labute approximate surface area is 126 Å². The van der Waals surface area contributed by atoms with Gasteiger partial charge in [-0.15, -0.1) is 0 Å². The van der Waals surface area contributed by atoms with Crippen LogP contribution in [0.3, 0.4) is 0 Å². The molecule has 0 aliphatic rings. The minimum absolute atomic E-state index is 0.407. The van der Waals surface area contributed by atoms with E-state index in [0.717, 1.165) is 30.8 Å². The largest absolute Gasteiger partial charge is 0.369 e. The number of nitrogens with zero attached hydrogens (tertiary/aromatic N) is 2. The van der Waals surface area contributed by atoms with Crippen LogP contribution < -0.4 is 16.6 Å². The molecule has 0 radical (unpaired) electrons. The molecule has 0 aliphatic carbocycles. The third-order valence-corrected chi connectivity index (χ3v) is 3.53. The maximum Gasteiger partial charge on any atom is 0.148 e. The highest BCUT2D eigenvalue weighted by molar-refractivity contribution is 5.57. The van der Waals surface area contributed by atoms with E-state index in [1.54, 1.807) is 0 Å². The monoisotopic (exact) mass is 285 g/mol. The molecule has 0 spiro atoms. The number of anilines is 2. The summed E-state index contributed by atoms with van der Waals surface area (Å²) in [6, 6.07) is 10.5. The number of nitrogens with one attached hydrogen (secondary N) is 2. The quantitative estimate of drug-likeness (QED) is 0.538. The van der Waals surface area contributed by atoms with Crippen LogP contribution in [0.5, 0.6) is 0 Å². The van der Waals surface area contributed by atoms with Crippen molar-refractivity contribution in [3.05, 3.63) is 47.8 Å². The standard InChI is InChI=1S/C16H23N5/c1-3-7-14-15(19-11-20-16(14)21-17)18-10-12(2)13-8-5-4-6-9-13/h4-6,8-9,11-12H,3,7,10,17H2,1-2H3,(H2,18,19,20,21). The lowest BCUT2D eigenvalue weighted by atomic mass is 10.0. The van der Waals surface area contributed by atoms with Crippen LogP contribution in [0, 0.1) is 0 Å². The van der Waals surface area contributed by atoms with Gasteiger partial charge in [0.25, 0.3) is 0 Å². The number of aromatic nitrogens is 2. The van der Waals surface area contributed by atoms with Gasteiger partial charge in [-0.3, -0.25) is 0 Å². The smallest absolute Gasteiger partial charge is 0.148 e. The highest BCUT2D eigenvalue weighted by Crippen LogP contribution is 2.22. The van der Waals surface area contributed by atoms with E-state index in [1.165, 1.54) is 11.9 Å². The average Bonchev–Trinajstić information content (AvgIpc) is 2.54. The molecular formula is C16H23N5. The number of benzene rings is 1. The van der Waals surface area contributed by atoms with E-state index in [2.05, 4.69) is 58.8 Å². The predicted molar refractivity (Wildman–Crippen MR) is 87.2 cm³/mol. The predicted octanol–water partition coefficient (Wildman–Crippen LogP) is 2.93. The van der Waals surface area contributed by atoms with Crippen LogP contribution in [0.4, 0.5) is 11.6 Å². The van der Waals surface area contributed by atoms with Gasteiger partial charge in [0, 0.05) is 12.1 Å². The first-order chi connectivity index (χ1) is 10.3. The Hall–Kier alpha value is -2.14. The van der Waals surface area contributed by atoms with Gasteiger partial charge in [0.2, 0.25) is 0 Å². The summed E-state index contributed by atoms with van der Waals surface area (Å²) in [6.07, 6.45) is 3.44. The first kappa shape index (κ1) is 15.3. The van der Waals surface area contributed by atoms with E-state index in [0.29, 0.717) is 11.7 Å². The zero-order chi connectivity index (χ0) is 15.1. The second-order valence-corrected chi connectivity index (χ2v) is 5.14. The highest BCUT2D eigenvalue weighted by atomic mass is 15.3. The van der Waals surface area contributed by atoms with Gasteiger partial charge in [0.05, 0.1) is 0 Å². The summed E-state index contributed by atoms with van der Waals surface area (Å²) in [4.78, 5) is 8.53. The van der Waals surface area contributed by atoms with E-state index >= 15 is 0 Å². The molecule has 1 heterocycles. The summed E-state index contributed by atoms with van der Waals surface area (Å²) in [5.41, 5.74) is 5.01. The zero-order valence-corrected chi connectivity index (χ0v) is 12.6. The SMILES string of the molecule is CCCc1c(NN)ncnc1NCC(C)c1ccccc1. The first-order valence-corrected chi connectivity index (χ1v) is 7.35. The maximum atomic E-state index is 5.53. The van der Waals surface area contributed by atoms with E-state index in [-0.39, 0.29) is 0 Å². The van der Waals surface area contributed by atoms with Crippen LogP contribution in [-0.4, -0.2) is 16.5 Å². The van der Waals surface area contributed by atoms with Crippen molar-refractivity contribution in [1.82, 2.24) is 9.97 Å². The van der Waals surface area contributed by atoms with Gasteiger partial charge in [-0.25, -0.2) is 15.8 Å². The normalized spacial score (nSPS) is 12.0. The van der Waals surface area contributed by atoms with Crippen molar-refractivity contribution >= 4 is 11.6 Å². The number of rotatable bonds is 7. The summed E-state index contributed by atoms with van der Waals surface area (Å²) in [7, 11) is 0. The molecule has 21 heavy (non-hydrogen) atoms. The van der Waals surface area contributed by atoms with Crippen LogP contribution in [-0.2, 0) is 6.42 Å². The summed E-state index contributed by atoms with van der Waals surface area (Å²) in [5, 5.41) is 3.42. The zero-order valence-electron chi connectivity index (χ0n) is 12.6. The van der Waals surface area contributed by atoms with Crippen molar-refractivity contribution in [2.24, 2.45) is 5.84 Å². The van der Waals surface area contributed by atoms with Crippen molar-refractivity contribution in [3.63, 3.8) is 0 Å². The van der Waals surface area contributed by atoms with Gasteiger partial charge in [0.1, 0.15) is 18.0 Å². The van der Waals surface area contributed by atoms with Gasteiger partial charge < -0.3 is 10.7 Å². The van der Waals surface area contributed by atoms with Crippen molar-refractivity contribution in [2.75, 3.05) is 17.3 Å². The van der Waals surface area contributed by atoms with Crippen molar-refractivity contribution in [3.8, 4) is 0 Å². The Bertz CT molecular complexity index is 556. The minimum atomic E-state index is 0.407. The molecule has 2 aromatic rings. The molecule has 0 aliphatic heterocycles. The number of hydrogen-bond donors (Lipinski definition) is 3. The number of hydrogen-bond acceptors (Lipinski definition) is 5. The Morgan fingerprint density at radius 3 is 2.52 bits per heavy atom. The van der Waals surface area contributed by atoms with E-state index in [4.69, 9.17) is 5.84 Å². The van der Waals surface area contributed by atoms with E-state index < -0.39 is 0 Å². The molecule has 0 saturated carbocycles. The van der Waals surface area contributed by atoms with Crippen molar-refractivity contribution < 1.29 is 0 Å². The van der Waals surface area contributed by atoms with E-state index in [9.17, 15) is 0 Å². The summed E-state index contributed by atoms with van der Waals surface area (Å²) < 4.78 is 0. The molecule has 5 nitrogen and oxygen atoms in total. The lowest BCUT2D eigenvalue weighted by Gasteiger charge is -2.17. The fourth-order valence-corrected chi connectivity index (χ4v) is 2.33. The molecule has 2 rings (SSSR count). The van der Waals surface area contributed by atoms with Gasteiger partial charge in [0.15, 0.2) is 0 Å². The molecule has 5 heteroatoms. The number of hydrazine groups is 1. The molecule has 4 N–H and O–H groups in total. The molecule has 0 bridgehead atoms. The lowest BCUT2D eigenvalue weighted by Crippen LogP contribution is -2.16. The fourth-order valence-electron chi connectivity index (χ4n) is 2.33. The Morgan fingerprint density at radius 2 is 1.86 bits per heavy atom.